The van der Waals surface area contributed by atoms with Gasteiger partial charge in [0.05, 0.1) is 17.4 Å². The standard InChI is InChI=1S/C23H22F3N3O3S/c1-33(31,32)18-5-6-19(14-3-2-4-17(24)7-14)20(8-18)22(30)29-12-15(10-27)21(13-29)28-11-16-9-23(16,25)26/h2-8,10,15-16,27H,9,11-13H2,1H3. The smallest absolute Gasteiger partial charge is 0.254 e. The molecule has 10 heteroatoms. The molecular weight excluding hydrogens is 455 g/mol. The Bertz CT molecular complexity index is 1260. The summed E-state index contributed by atoms with van der Waals surface area (Å²) in [6, 6.07) is 9.70. The Morgan fingerprint density at radius 2 is 2.00 bits per heavy atom. The Kier molecular flexibility index (Phi) is 5.90. The molecule has 1 N–H and O–H groups in total. The van der Waals surface area contributed by atoms with Crippen LogP contribution in [0.3, 0.4) is 0 Å². The van der Waals surface area contributed by atoms with E-state index in [0.29, 0.717) is 16.8 Å². The third-order valence-electron chi connectivity index (χ3n) is 5.94. The quantitative estimate of drug-likeness (QED) is 0.643. The van der Waals surface area contributed by atoms with E-state index in [4.69, 9.17) is 5.41 Å². The summed E-state index contributed by atoms with van der Waals surface area (Å²) in [5.74, 6) is -5.03. The van der Waals surface area contributed by atoms with E-state index in [2.05, 4.69) is 4.99 Å². The number of amides is 1. The van der Waals surface area contributed by atoms with Gasteiger partial charge in [0.15, 0.2) is 9.84 Å². The molecule has 1 aliphatic heterocycles. The average molecular weight is 478 g/mol. The van der Waals surface area contributed by atoms with E-state index >= 15 is 0 Å². The van der Waals surface area contributed by atoms with Crippen molar-refractivity contribution in [3.63, 3.8) is 0 Å². The number of carbonyl (C=O) groups is 1. The first-order chi connectivity index (χ1) is 15.5. The Morgan fingerprint density at radius 1 is 1.27 bits per heavy atom. The predicted octanol–water partition coefficient (Wildman–Crippen LogP) is 3.71. The van der Waals surface area contributed by atoms with Crippen LogP contribution in [-0.4, -0.2) is 63.0 Å². The van der Waals surface area contributed by atoms with E-state index < -0.39 is 39.3 Å². The number of hydrogen-bond acceptors (Lipinski definition) is 5. The fraction of sp³-hybridized carbons (Fsp3) is 0.348. The Labute approximate surface area is 189 Å². The topological polar surface area (TPSA) is 90.7 Å². The van der Waals surface area contributed by atoms with Crippen LogP contribution in [0.2, 0.25) is 0 Å². The van der Waals surface area contributed by atoms with Gasteiger partial charge in [-0.05, 0) is 35.4 Å². The molecule has 1 heterocycles. The predicted molar refractivity (Wildman–Crippen MR) is 118 cm³/mol. The number of carbonyl (C=O) groups excluding carboxylic acids is 1. The van der Waals surface area contributed by atoms with Crippen molar-refractivity contribution in [1.82, 2.24) is 4.90 Å². The van der Waals surface area contributed by atoms with Crippen molar-refractivity contribution in [2.24, 2.45) is 16.8 Å². The number of likely N-dealkylation sites (tertiary alicyclic amines) is 1. The van der Waals surface area contributed by atoms with Crippen molar-refractivity contribution in [2.75, 3.05) is 25.9 Å². The van der Waals surface area contributed by atoms with Crippen LogP contribution in [0.1, 0.15) is 16.8 Å². The van der Waals surface area contributed by atoms with Crippen LogP contribution in [-0.2, 0) is 9.84 Å². The molecule has 1 aliphatic carbocycles. The first-order valence-electron chi connectivity index (χ1n) is 10.3. The summed E-state index contributed by atoms with van der Waals surface area (Å²) < 4.78 is 64.4. The largest absolute Gasteiger partial charge is 0.332 e. The molecule has 0 radical (unpaired) electrons. The molecule has 2 fully saturated rings. The Hall–Kier alpha value is -3.01. The lowest BCUT2D eigenvalue weighted by Crippen LogP contribution is -2.30. The van der Waals surface area contributed by atoms with Crippen LogP contribution < -0.4 is 0 Å². The van der Waals surface area contributed by atoms with Gasteiger partial charge in [0.25, 0.3) is 11.8 Å². The van der Waals surface area contributed by atoms with Crippen LogP contribution >= 0.6 is 0 Å². The Balaban J connectivity index is 1.68. The highest BCUT2D eigenvalue weighted by atomic mass is 32.2. The zero-order chi connectivity index (χ0) is 24.0. The highest BCUT2D eigenvalue weighted by Crippen LogP contribution is 2.48. The summed E-state index contributed by atoms with van der Waals surface area (Å²) in [4.78, 5) is 19.1. The highest BCUT2D eigenvalue weighted by Gasteiger charge is 2.56. The second-order valence-electron chi connectivity index (χ2n) is 8.44. The minimum absolute atomic E-state index is 0.0445. The Morgan fingerprint density at radius 3 is 2.61 bits per heavy atom. The first-order valence-corrected chi connectivity index (χ1v) is 12.2. The number of benzene rings is 2. The van der Waals surface area contributed by atoms with Crippen LogP contribution in [0.5, 0.6) is 0 Å². The monoisotopic (exact) mass is 477 g/mol. The van der Waals surface area contributed by atoms with Crippen molar-refractivity contribution in [3.8, 4) is 11.1 Å². The van der Waals surface area contributed by atoms with Gasteiger partial charge in [-0.25, -0.2) is 21.6 Å². The van der Waals surface area contributed by atoms with E-state index in [1.54, 1.807) is 6.07 Å². The summed E-state index contributed by atoms with van der Waals surface area (Å²) in [5.41, 5.74) is 1.31. The molecule has 0 spiro atoms. The molecule has 0 aromatic heterocycles. The number of hydrogen-bond donors (Lipinski definition) is 1. The highest BCUT2D eigenvalue weighted by molar-refractivity contribution is 7.90. The minimum Gasteiger partial charge on any atom is -0.332 e. The lowest BCUT2D eigenvalue weighted by atomic mass is 9.98. The van der Waals surface area contributed by atoms with Crippen molar-refractivity contribution in [3.05, 3.63) is 53.8 Å². The number of halogens is 3. The SMILES string of the molecule is CS(=O)(=O)c1ccc(-c2cccc(F)c2)c(C(=O)N2CC(=NCC3CC3(F)F)C(C=N)C2)c1. The van der Waals surface area contributed by atoms with E-state index in [0.717, 1.165) is 12.5 Å². The summed E-state index contributed by atoms with van der Waals surface area (Å²) in [6.45, 7) is 0.101. The molecule has 0 bridgehead atoms. The molecule has 2 unspecified atom stereocenters. The van der Waals surface area contributed by atoms with Gasteiger partial charge in [-0.3, -0.25) is 9.79 Å². The van der Waals surface area contributed by atoms with Gasteiger partial charge >= 0.3 is 0 Å². The normalized spacial score (nSPS) is 23.0. The maximum Gasteiger partial charge on any atom is 0.254 e. The molecule has 6 nitrogen and oxygen atoms in total. The summed E-state index contributed by atoms with van der Waals surface area (Å²) >= 11 is 0. The number of rotatable bonds is 6. The molecule has 174 valence electrons. The van der Waals surface area contributed by atoms with E-state index in [9.17, 15) is 26.4 Å². The van der Waals surface area contributed by atoms with Gasteiger partial charge in [0.1, 0.15) is 5.82 Å². The molecule has 2 aliphatic rings. The maximum absolute atomic E-state index is 13.8. The van der Waals surface area contributed by atoms with Crippen molar-refractivity contribution < 1.29 is 26.4 Å². The number of sulfone groups is 1. The van der Waals surface area contributed by atoms with Crippen LogP contribution in [0, 0.1) is 23.1 Å². The van der Waals surface area contributed by atoms with Gasteiger partial charge in [0, 0.05) is 49.2 Å². The molecule has 33 heavy (non-hydrogen) atoms. The van der Waals surface area contributed by atoms with E-state index in [1.165, 1.54) is 41.3 Å². The summed E-state index contributed by atoms with van der Waals surface area (Å²) in [7, 11) is -3.61. The maximum atomic E-state index is 13.8. The molecule has 2 atom stereocenters. The summed E-state index contributed by atoms with van der Waals surface area (Å²) in [5, 5.41) is 7.65. The van der Waals surface area contributed by atoms with Gasteiger partial charge in [0.2, 0.25) is 0 Å². The van der Waals surface area contributed by atoms with Gasteiger partial charge in [-0.2, -0.15) is 0 Å². The molecule has 2 aromatic carbocycles. The van der Waals surface area contributed by atoms with Crippen molar-refractivity contribution >= 4 is 27.7 Å². The second kappa shape index (κ2) is 8.40. The number of alkyl halides is 2. The van der Waals surface area contributed by atoms with Crippen molar-refractivity contribution in [2.45, 2.75) is 17.2 Å². The van der Waals surface area contributed by atoms with Gasteiger partial charge in [-0.1, -0.05) is 18.2 Å². The van der Waals surface area contributed by atoms with Crippen LogP contribution in [0.4, 0.5) is 13.2 Å². The average Bonchev–Trinajstić information content (AvgIpc) is 3.17. The molecule has 1 saturated carbocycles. The third-order valence-corrected chi connectivity index (χ3v) is 7.05. The molecule has 2 aromatic rings. The van der Waals surface area contributed by atoms with Crippen molar-refractivity contribution in [1.29, 1.82) is 5.41 Å². The lowest BCUT2D eigenvalue weighted by Gasteiger charge is -2.18. The molecular formula is C23H22F3N3O3S. The van der Waals surface area contributed by atoms with Crippen LogP contribution in [0.15, 0.2) is 52.4 Å². The molecule has 1 saturated heterocycles. The second-order valence-corrected chi connectivity index (χ2v) is 10.5. The number of aliphatic imine (C=N–C) groups is 1. The zero-order valence-electron chi connectivity index (χ0n) is 17.8. The third kappa shape index (κ3) is 4.85. The number of nitrogens with one attached hydrogen (secondary N) is 1. The molecule has 4 rings (SSSR count). The van der Waals surface area contributed by atoms with E-state index in [-0.39, 0.29) is 36.5 Å². The fourth-order valence-electron chi connectivity index (χ4n) is 3.90. The summed E-state index contributed by atoms with van der Waals surface area (Å²) in [6.07, 6.45) is 1.94. The lowest BCUT2D eigenvalue weighted by molar-refractivity contribution is 0.0795. The zero-order valence-corrected chi connectivity index (χ0v) is 18.6. The van der Waals surface area contributed by atoms with Crippen LogP contribution in [0.25, 0.3) is 11.1 Å². The van der Waals surface area contributed by atoms with Gasteiger partial charge in [-0.15, -0.1) is 0 Å². The number of nitrogens with zero attached hydrogens (tertiary/aromatic N) is 2. The van der Waals surface area contributed by atoms with E-state index in [1.807, 2.05) is 0 Å². The van der Waals surface area contributed by atoms with Gasteiger partial charge < -0.3 is 10.3 Å². The first kappa shape index (κ1) is 23.2. The minimum atomic E-state index is -3.61. The fourth-order valence-corrected chi connectivity index (χ4v) is 4.54. The molecule has 1 amide bonds.